The minimum atomic E-state index is 0.0969. The molecule has 0 amide bonds. The lowest BCUT2D eigenvalue weighted by Gasteiger charge is -2.20. The van der Waals surface area contributed by atoms with Gasteiger partial charge < -0.3 is 4.74 Å². The maximum absolute atomic E-state index is 11.5. The second kappa shape index (κ2) is 5.10. The number of halogens is 1. The predicted molar refractivity (Wildman–Crippen MR) is 61.6 cm³/mol. The fourth-order valence-electron chi connectivity index (χ4n) is 1.74. The third kappa shape index (κ3) is 3.03. The first-order chi connectivity index (χ1) is 7.25. The van der Waals surface area contributed by atoms with Gasteiger partial charge in [0.25, 0.3) is 0 Å². The van der Waals surface area contributed by atoms with Gasteiger partial charge in [-0.3, -0.25) is 4.79 Å². The molecule has 2 rings (SSSR count). The molecule has 0 saturated carbocycles. The Morgan fingerprint density at radius 1 is 1.53 bits per heavy atom. The number of Topliss-reactive ketones (excluding diaryl/α,β-unsaturated/α-hetero) is 1. The van der Waals surface area contributed by atoms with Crippen molar-refractivity contribution < 1.29 is 9.53 Å². The Bertz CT molecular complexity index is 348. The Hall–Kier alpha value is -0.380. The third-order valence-corrected chi connectivity index (χ3v) is 3.93. The molecule has 82 valence electrons. The van der Waals surface area contributed by atoms with Gasteiger partial charge in [-0.25, -0.2) is 0 Å². The lowest BCUT2D eigenvalue weighted by molar-refractivity contribution is -0.130. The number of hydrogen-bond donors (Lipinski definition) is 0. The smallest absolute Gasteiger partial charge is 0.140 e. The van der Waals surface area contributed by atoms with Crippen LogP contribution in [0.4, 0.5) is 0 Å². The first-order valence-corrected chi connectivity index (χ1v) is 6.30. The Morgan fingerprint density at radius 2 is 2.40 bits per heavy atom. The van der Waals surface area contributed by atoms with Crippen LogP contribution in [0.25, 0.3) is 0 Å². The zero-order valence-corrected chi connectivity index (χ0v) is 9.94. The number of aryl methyl sites for hydroxylation is 1. The van der Waals surface area contributed by atoms with Crippen molar-refractivity contribution in [2.45, 2.75) is 19.3 Å². The molecule has 1 unspecified atom stereocenters. The van der Waals surface area contributed by atoms with Gasteiger partial charge in [-0.05, 0) is 25.0 Å². The second-order valence-corrected chi connectivity index (χ2v) is 5.53. The number of ketones is 1. The summed E-state index contributed by atoms with van der Waals surface area (Å²) in [5.41, 5.74) is 0. The Labute approximate surface area is 98.2 Å². The van der Waals surface area contributed by atoms with E-state index in [0.29, 0.717) is 25.4 Å². The fourth-order valence-corrected chi connectivity index (χ4v) is 2.85. The average Bonchev–Trinajstić information content (AvgIpc) is 2.63. The lowest BCUT2D eigenvalue weighted by Crippen LogP contribution is -2.27. The van der Waals surface area contributed by atoms with Crippen LogP contribution in [0.1, 0.15) is 17.7 Å². The first kappa shape index (κ1) is 11.1. The summed E-state index contributed by atoms with van der Waals surface area (Å²) in [4.78, 5) is 12.8. The summed E-state index contributed by atoms with van der Waals surface area (Å²) in [6, 6.07) is 3.93. The fraction of sp³-hybridized carbons (Fsp3) is 0.545. The van der Waals surface area contributed by atoms with Crippen LogP contribution in [0.3, 0.4) is 0 Å². The molecule has 2 heterocycles. The van der Waals surface area contributed by atoms with Gasteiger partial charge in [-0.2, -0.15) is 0 Å². The minimum Gasteiger partial charge on any atom is -0.380 e. The molecule has 0 aromatic carbocycles. The molecule has 1 atom stereocenters. The molecule has 0 radical (unpaired) electrons. The zero-order chi connectivity index (χ0) is 10.7. The largest absolute Gasteiger partial charge is 0.380 e. The maximum atomic E-state index is 11.5. The molecule has 2 nitrogen and oxygen atoms in total. The Kier molecular flexibility index (Phi) is 3.78. The Morgan fingerprint density at radius 3 is 3.07 bits per heavy atom. The maximum Gasteiger partial charge on any atom is 0.140 e. The normalized spacial score (nSPS) is 21.9. The summed E-state index contributed by atoms with van der Waals surface area (Å²) in [5, 5.41) is 0. The Balaban J connectivity index is 1.84. The van der Waals surface area contributed by atoms with Crippen molar-refractivity contribution in [1.29, 1.82) is 0 Å². The summed E-state index contributed by atoms with van der Waals surface area (Å²) >= 11 is 7.43. The van der Waals surface area contributed by atoms with E-state index in [2.05, 4.69) is 0 Å². The third-order valence-electron chi connectivity index (χ3n) is 2.64. The average molecular weight is 245 g/mol. The van der Waals surface area contributed by atoms with Crippen molar-refractivity contribution in [3.05, 3.63) is 21.3 Å². The summed E-state index contributed by atoms with van der Waals surface area (Å²) in [5.74, 6) is 0.448. The lowest BCUT2D eigenvalue weighted by atomic mass is 9.95. The molecule has 1 saturated heterocycles. The van der Waals surface area contributed by atoms with E-state index < -0.39 is 0 Å². The van der Waals surface area contributed by atoms with E-state index in [9.17, 15) is 4.79 Å². The van der Waals surface area contributed by atoms with Crippen molar-refractivity contribution >= 4 is 28.7 Å². The van der Waals surface area contributed by atoms with Gasteiger partial charge in [0.2, 0.25) is 0 Å². The number of hydrogen-bond acceptors (Lipinski definition) is 3. The van der Waals surface area contributed by atoms with Crippen LogP contribution < -0.4 is 0 Å². The van der Waals surface area contributed by atoms with Crippen LogP contribution in [0.2, 0.25) is 4.34 Å². The van der Waals surface area contributed by atoms with E-state index in [0.717, 1.165) is 17.2 Å². The van der Waals surface area contributed by atoms with Crippen LogP contribution >= 0.6 is 22.9 Å². The van der Waals surface area contributed by atoms with Crippen LogP contribution in [0.5, 0.6) is 0 Å². The SMILES string of the molecule is O=C1CCOCC1CCc1ccc(Cl)s1. The van der Waals surface area contributed by atoms with Crippen LogP contribution in [-0.4, -0.2) is 19.0 Å². The molecule has 0 aliphatic carbocycles. The molecule has 0 N–H and O–H groups in total. The quantitative estimate of drug-likeness (QED) is 0.817. The van der Waals surface area contributed by atoms with Crippen molar-refractivity contribution in [3.8, 4) is 0 Å². The van der Waals surface area contributed by atoms with Gasteiger partial charge in [-0.1, -0.05) is 11.6 Å². The molecule has 1 aliphatic rings. The molecule has 4 heteroatoms. The zero-order valence-electron chi connectivity index (χ0n) is 8.37. The summed E-state index contributed by atoms with van der Waals surface area (Å²) < 4.78 is 6.12. The van der Waals surface area contributed by atoms with Gasteiger partial charge in [0.05, 0.1) is 17.6 Å². The molecular formula is C11H13ClO2S. The van der Waals surface area contributed by atoms with Gasteiger partial charge in [-0.15, -0.1) is 11.3 Å². The van der Waals surface area contributed by atoms with Crippen molar-refractivity contribution in [3.63, 3.8) is 0 Å². The number of rotatable bonds is 3. The van der Waals surface area contributed by atoms with E-state index >= 15 is 0 Å². The molecule has 1 aromatic heterocycles. The summed E-state index contributed by atoms with van der Waals surface area (Å²) in [7, 11) is 0. The van der Waals surface area contributed by atoms with Gasteiger partial charge >= 0.3 is 0 Å². The standard InChI is InChI=1S/C11H13ClO2S/c12-11-4-3-9(15-11)2-1-8-7-14-6-5-10(8)13/h3-4,8H,1-2,5-7H2. The summed E-state index contributed by atoms with van der Waals surface area (Å²) in [6.45, 7) is 1.19. The van der Waals surface area contributed by atoms with Gasteiger partial charge in [0.15, 0.2) is 0 Å². The monoisotopic (exact) mass is 244 g/mol. The number of thiophene rings is 1. The molecule has 1 fully saturated rings. The van der Waals surface area contributed by atoms with E-state index in [-0.39, 0.29) is 5.92 Å². The van der Waals surface area contributed by atoms with Crippen molar-refractivity contribution in [2.75, 3.05) is 13.2 Å². The van der Waals surface area contributed by atoms with E-state index in [4.69, 9.17) is 16.3 Å². The molecule has 0 spiro atoms. The highest BCUT2D eigenvalue weighted by Gasteiger charge is 2.22. The van der Waals surface area contributed by atoms with Gasteiger partial charge in [0.1, 0.15) is 5.78 Å². The van der Waals surface area contributed by atoms with Crippen LogP contribution in [0.15, 0.2) is 12.1 Å². The highest BCUT2D eigenvalue weighted by atomic mass is 35.5. The first-order valence-electron chi connectivity index (χ1n) is 5.10. The van der Waals surface area contributed by atoms with E-state index in [1.807, 2.05) is 12.1 Å². The second-order valence-electron chi connectivity index (χ2n) is 3.73. The summed E-state index contributed by atoms with van der Waals surface area (Å²) in [6.07, 6.45) is 2.39. The topological polar surface area (TPSA) is 26.3 Å². The van der Waals surface area contributed by atoms with Gasteiger partial charge in [0, 0.05) is 17.2 Å². The minimum absolute atomic E-state index is 0.0969. The number of carbonyl (C=O) groups is 1. The molecule has 15 heavy (non-hydrogen) atoms. The molecule has 1 aromatic rings. The predicted octanol–water partition coefficient (Wildman–Crippen LogP) is 2.94. The van der Waals surface area contributed by atoms with Crippen molar-refractivity contribution in [2.24, 2.45) is 5.92 Å². The van der Waals surface area contributed by atoms with E-state index in [1.54, 1.807) is 11.3 Å². The van der Waals surface area contributed by atoms with Crippen LogP contribution in [0, 0.1) is 5.92 Å². The number of ether oxygens (including phenoxy) is 1. The van der Waals surface area contributed by atoms with Crippen LogP contribution in [-0.2, 0) is 16.0 Å². The molecular weight excluding hydrogens is 232 g/mol. The molecule has 1 aliphatic heterocycles. The number of carbonyl (C=O) groups excluding carboxylic acids is 1. The molecule has 0 bridgehead atoms. The van der Waals surface area contributed by atoms with Crippen molar-refractivity contribution in [1.82, 2.24) is 0 Å². The highest BCUT2D eigenvalue weighted by Crippen LogP contribution is 2.24. The highest BCUT2D eigenvalue weighted by molar-refractivity contribution is 7.16. The van der Waals surface area contributed by atoms with E-state index in [1.165, 1.54) is 4.88 Å².